The van der Waals surface area contributed by atoms with Crippen LogP contribution in [-0.2, 0) is 4.79 Å². The molecule has 2 N–H and O–H groups in total. The van der Waals surface area contributed by atoms with E-state index in [1.165, 1.54) is 32.1 Å². The van der Waals surface area contributed by atoms with Gasteiger partial charge in [-0.25, -0.2) is 0 Å². The number of hydrogen-bond acceptors (Lipinski definition) is 2. The molecule has 0 aromatic heterocycles. The van der Waals surface area contributed by atoms with Crippen molar-refractivity contribution in [3.8, 4) is 0 Å². The highest BCUT2D eigenvalue weighted by atomic mass is 35.5. The molecule has 3 nitrogen and oxygen atoms in total. The average Bonchev–Trinajstić information content (AvgIpc) is 2.85. The maximum absolute atomic E-state index is 12.1. The fraction of sp³-hybridized carbons (Fsp3) is 0.933. The van der Waals surface area contributed by atoms with Crippen LogP contribution in [0, 0.1) is 11.8 Å². The number of rotatable bonds is 3. The molecule has 3 aliphatic rings. The molecule has 4 atom stereocenters. The van der Waals surface area contributed by atoms with Gasteiger partial charge in [0, 0.05) is 24.5 Å². The third-order valence-electron chi connectivity index (χ3n) is 5.12. The number of hydrogen-bond donors (Lipinski definition) is 2. The molecule has 2 heterocycles. The molecule has 0 spiro atoms. The van der Waals surface area contributed by atoms with Crippen molar-refractivity contribution in [2.24, 2.45) is 11.8 Å². The summed E-state index contributed by atoms with van der Waals surface area (Å²) < 4.78 is 0. The molecular formula is C15H27ClN2O. The Morgan fingerprint density at radius 1 is 1.11 bits per heavy atom. The van der Waals surface area contributed by atoms with Crippen molar-refractivity contribution in [1.82, 2.24) is 10.6 Å². The van der Waals surface area contributed by atoms with Crippen molar-refractivity contribution in [1.29, 1.82) is 0 Å². The first-order chi connectivity index (χ1) is 8.69. The summed E-state index contributed by atoms with van der Waals surface area (Å²) in [5, 5.41) is 6.90. The van der Waals surface area contributed by atoms with Crippen molar-refractivity contribution in [3.05, 3.63) is 0 Å². The Balaban J connectivity index is 0.00000133. The second-order valence-corrected chi connectivity index (χ2v) is 6.86. The molecule has 3 fully saturated rings. The summed E-state index contributed by atoms with van der Waals surface area (Å²) in [4.78, 5) is 12.1. The number of carbonyl (C=O) groups excluding carboxylic acids is 1. The van der Waals surface area contributed by atoms with Crippen LogP contribution in [0.25, 0.3) is 0 Å². The van der Waals surface area contributed by atoms with Gasteiger partial charge >= 0.3 is 0 Å². The van der Waals surface area contributed by atoms with Gasteiger partial charge in [0.05, 0.1) is 0 Å². The van der Waals surface area contributed by atoms with E-state index in [0.717, 1.165) is 25.2 Å². The highest BCUT2D eigenvalue weighted by Gasteiger charge is 2.34. The summed E-state index contributed by atoms with van der Waals surface area (Å²) in [6.45, 7) is 2.31. The van der Waals surface area contributed by atoms with Gasteiger partial charge in [0.15, 0.2) is 0 Å². The summed E-state index contributed by atoms with van der Waals surface area (Å²) in [6.07, 6.45) is 9.48. The molecular weight excluding hydrogens is 260 g/mol. The highest BCUT2D eigenvalue weighted by molar-refractivity contribution is 5.85. The second kappa shape index (κ2) is 6.45. The zero-order valence-corrected chi connectivity index (χ0v) is 12.7. The van der Waals surface area contributed by atoms with E-state index in [1.807, 2.05) is 0 Å². The fourth-order valence-corrected chi connectivity index (χ4v) is 4.23. The van der Waals surface area contributed by atoms with Gasteiger partial charge in [-0.1, -0.05) is 13.3 Å². The van der Waals surface area contributed by atoms with E-state index in [2.05, 4.69) is 17.6 Å². The molecule has 0 radical (unpaired) electrons. The summed E-state index contributed by atoms with van der Waals surface area (Å²) in [5.41, 5.74) is 0. The zero-order chi connectivity index (χ0) is 12.5. The minimum Gasteiger partial charge on any atom is -0.353 e. The summed E-state index contributed by atoms with van der Waals surface area (Å²) >= 11 is 0. The molecule has 2 aliphatic heterocycles. The van der Waals surface area contributed by atoms with E-state index in [0.29, 0.717) is 30.0 Å². The maximum atomic E-state index is 12.1. The normalized spacial score (nSPS) is 40.8. The first kappa shape index (κ1) is 15.1. The number of carbonyl (C=O) groups is 1. The third-order valence-corrected chi connectivity index (χ3v) is 5.12. The van der Waals surface area contributed by atoms with Crippen LogP contribution < -0.4 is 10.6 Å². The maximum Gasteiger partial charge on any atom is 0.220 e. The van der Waals surface area contributed by atoms with E-state index in [1.54, 1.807) is 0 Å². The van der Waals surface area contributed by atoms with Gasteiger partial charge < -0.3 is 10.6 Å². The zero-order valence-electron chi connectivity index (χ0n) is 11.9. The number of piperidine rings is 1. The lowest BCUT2D eigenvalue weighted by molar-refractivity contribution is -0.122. The Morgan fingerprint density at radius 2 is 1.79 bits per heavy atom. The molecule has 0 aromatic carbocycles. The lowest BCUT2D eigenvalue weighted by atomic mass is 9.98. The van der Waals surface area contributed by atoms with Gasteiger partial charge in [0.1, 0.15) is 0 Å². The average molecular weight is 287 g/mol. The van der Waals surface area contributed by atoms with Gasteiger partial charge in [-0.2, -0.15) is 0 Å². The van der Waals surface area contributed by atoms with E-state index in [4.69, 9.17) is 0 Å². The van der Waals surface area contributed by atoms with Crippen LogP contribution in [0.15, 0.2) is 0 Å². The predicted molar refractivity (Wildman–Crippen MR) is 79.5 cm³/mol. The number of fused-ring (bicyclic) bond motifs is 2. The molecule has 2 saturated heterocycles. The van der Waals surface area contributed by atoms with Gasteiger partial charge in [0.2, 0.25) is 5.91 Å². The lowest BCUT2D eigenvalue weighted by Crippen LogP contribution is -2.48. The van der Waals surface area contributed by atoms with Gasteiger partial charge in [-0.15, -0.1) is 12.4 Å². The molecule has 1 saturated carbocycles. The summed E-state index contributed by atoms with van der Waals surface area (Å²) in [7, 11) is 0. The van der Waals surface area contributed by atoms with Crippen molar-refractivity contribution < 1.29 is 4.79 Å². The van der Waals surface area contributed by atoms with E-state index in [-0.39, 0.29) is 12.4 Å². The van der Waals surface area contributed by atoms with Crippen LogP contribution in [0.1, 0.15) is 58.3 Å². The number of nitrogens with one attached hydrogen (secondary N) is 2. The van der Waals surface area contributed by atoms with E-state index >= 15 is 0 Å². The molecule has 19 heavy (non-hydrogen) atoms. The Labute approximate surface area is 122 Å². The Hall–Kier alpha value is -0.280. The van der Waals surface area contributed by atoms with Crippen LogP contribution >= 0.6 is 12.4 Å². The minimum atomic E-state index is 0. The highest BCUT2D eigenvalue weighted by Crippen LogP contribution is 2.32. The van der Waals surface area contributed by atoms with Crippen molar-refractivity contribution in [2.75, 3.05) is 0 Å². The Kier molecular flexibility index (Phi) is 5.13. The van der Waals surface area contributed by atoms with Crippen LogP contribution in [0.2, 0.25) is 0 Å². The molecule has 4 unspecified atom stereocenters. The molecule has 110 valence electrons. The quantitative estimate of drug-likeness (QED) is 0.837. The van der Waals surface area contributed by atoms with Crippen LogP contribution in [0.5, 0.6) is 0 Å². The first-order valence-electron chi connectivity index (χ1n) is 7.74. The minimum absolute atomic E-state index is 0. The predicted octanol–water partition coefficient (Wildman–Crippen LogP) is 2.63. The topological polar surface area (TPSA) is 41.1 Å². The van der Waals surface area contributed by atoms with Crippen molar-refractivity contribution >= 4 is 18.3 Å². The molecule has 1 aliphatic carbocycles. The fourth-order valence-electron chi connectivity index (χ4n) is 4.23. The molecule has 4 heteroatoms. The van der Waals surface area contributed by atoms with E-state index in [9.17, 15) is 4.79 Å². The van der Waals surface area contributed by atoms with Gasteiger partial charge in [-0.3, -0.25) is 4.79 Å². The van der Waals surface area contributed by atoms with Crippen LogP contribution in [-0.4, -0.2) is 24.0 Å². The van der Waals surface area contributed by atoms with Crippen LogP contribution in [0.3, 0.4) is 0 Å². The summed E-state index contributed by atoms with van der Waals surface area (Å²) in [5.74, 6) is 1.79. The molecule has 2 bridgehead atoms. The smallest absolute Gasteiger partial charge is 0.220 e. The Morgan fingerprint density at radius 3 is 2.37 bits per heavy atom. The number of amides is 1. The van der Waals surface area contributed by atoms with E-state index < -0.39 is 0 Å². The standard InChI is InChI=1S/C15H26N2O.ClH/c1-10-2-3-11(6-10)7-15(18)17-14-8-12-4-5-13(9-14)16-12;/h10-14,16H,2-9H2,1H3,(H,17,18);1H. The first-order valence-corrected chi connectivity index (χ1v) is 7.74. The number of halogens is 1. The second-order valence-electron chi connectivity index (χ2n) is 6.86. The molecule has 1 amide bonds. The largest absolute Gasteiger partial charge is 0.353 e. The van der Waals surface area contributed by atoms with Gasteiger partial charge in [-0.05, 0) is 50.4 Å². The third kappa shape index (κ3) is 3.85. The molecule has 0 aromatic rings. The SMILES string of the molecule is CC1CCC(CC(=O)NC2CC3CCC(C2)N3)C1.Cl. The van der Waals surface area contributed by atoms with Crippen molar-refractivity contribution in [3.63, 3.8) is 0 Å². The Bertz CT molecular complexity index is 311. The summed E-state index contributed by atoms with van der Waals surface area (Å²) in [6, 6.07) is 1.77. The van der Waals surface area contributed by atoms with Crippen molar-refractivity contribution in [2.45, 2.75) is 76.4 Å². The van der Waals surface area contributed by atoms with Gasteiger partial charge in [0.25, 0.3) is 0 Å². The lowest BCUT2D eigenvalue weighted by Gasteiger charge is -2.30. The molecule has 3 rings (SSSR count). The monoisotopic (exact) mass is 286 g/mol. The van der Waals surface area contributed by atoms with Crippen LogP contribution in [0.4, 0.5) is 0 Å².